The largest absolute Gasteiger partial charge is 0.496 e. The van der Waals surface area contributed by atoms with Gasteiger partial charge in [-0.05, 0) is 49.7 Å². The fourth-order valence-electron chi connectivity index (χ4n) is 4.09. The van der Waals surface area contributed by atoms with Crippen molar-refractivity contribution in [2.75, 3.05) is 13.7 Å². The number of nitrogens with one attached hydrogen (secondary N) is 2. The van der Waals surface area contributed by atoms with E-state index in [-0.39, 0.29) is 39.9 Å². The van der Waals surface area contributed by atoms with Crippen molar-refractivity contribution >= 4 is 27.9 Å². The van der Waals surface area contributed by atoms with Gasteiger partial charge in [0.1, 0.15) is 5.75 Å². The first kappa shape index (κ1) is 24.1. The van der Waals surface area contributed by atoms with E-state index >= 15 is 13.2 Å². The predicted molar refractivity (Wildman–Crippen MR) is 120 cm³/mol. The zero-order chi connectivity index (χ0) is 25.3. The third kappa shape index (κ3) is 3.95. The van der Waals surface area contributed by atoms with Gasteiger partial charge in [-0.3, -0.25) is 0 Å². The topological polar surface area (TPSA) is 113 Å². The summed E-state index contributed by atoms with van der Waals surface area (Å²) in [5.74, 6) is -1.96. The minimum absolute atomic E-state index is 0.0240. The Balaban J connectivity index is 2.07. The number of alkyl halides is 3. The van der Waals surface area contributed by atoms with Gasteiger partial charge in [-0.2, -0.15) is 5.26 Å². The van der Waals surface area contributed by atoms with Crippen molar-refractivity contribution in [2.24, 2.45) is 0 Å². The molecule has 2 aromatic heterocycles. The molecule has 2 N–H and O–H groups in total. The highest BCUT2D eigenvalue weighted by atomic mass is 19.3. The molecule has 0 amide bonds. The smallest absolute Gasteiger partial charge is 0.368 e. The maximum absolute atomic E-state index is 15.2. The second-order valence-electron chi connectivity index (χ2n) is 7.69. The average Bonchev–Trinajstić information content (AvgIpc) is 3.49. The van der Waals surface area contributed by atoms with Crippen LogP contribution in [-0.4, -0.2) is 47.4 Å². The van der Waals surface area contributed by atoms with Crippen molar-refractivity contribution in [1.82, 2.24) is 15.0 Å². The van der Waals surface area contributed by atoms with Crippen molar-refractivity contribution in [2.45, 2.75) is 32.2 Å². The number of imidazole rings is 1. The lowest BCUT2D eigenvalue weighted by molar-refractivity contribution is -0.212. The number of esters is 1. The highest BCUT2D eigenvalue weighted by Crippen LogP contribution is 2.48. The number of halogens is 3. The summed E-state index contributed by atoms with van der Waals surface area (Å²) in [4.78, 5) is 22.1. The van der Waals surface area contributed by atoms with Gasteiger partial charge in [0.25, 0.3) is 12.8 Å². The molecule has 35 heavy (non-hydrogen) atoms. The number of fused-ring (bicyclic) bond motifs is 2. The molecule has 0 aliphatic rings. The maximum Gasteiger partial charge on any atom is 0.368 e. The first-order valence-electron chi connectivity index (χ1n) is 10.6. The quantitative estimate of drug-likeness (QED) is 0.352. The SMILES string of the molecule is CCOC(=O)C(F)OC(c1nc2ccc(C#N)cc2[nH]1)(c1c(OC)cc(C)c2[nH]ccc12)C(F)F. The Bertz CT molecular complexity index is 1440. The molecule has 2 aromatic carbocycles. The van der Waals surface area contributed by atoms with E-state index in [1.165, 1.54) is 50.6 Å². The van der Waals surface area contributed by atoms with Crippen LogP contribution in [0.3, 0.4) is 0 Å². The fourth-order valence-corrected chi connectivity index (χ4v) is 4.09. The van der Waals surface area contributed by atoms with Crippen LogP contribution in [-0.2, 0) is 19.9 Å². The molecular formula is C24H21F3N4O4. The molecule has 8 nitrogen and oxygen atoms in total. The van der Waals surface area contributed by atoms with E-state index < -0.39 is 30.2 Å². The van der Waals surface area contributed by atoms with Crippen LogP contribution in [0.1, 0.15) is 29.4 Å². The predicted octanol–water partition coefficient (Wildman–Crippen LogP) is 4.62. The Labute approximate surface area is 197 Å². The van der Waals surface area contributed by atoms with Gasteiger partial charge in [0, 0.05) is 22.7 Å². The van der Waals surface area contributed by atoms with Gasteiger partial charge >= 0.3 is 5.97 Å². The molecule has 0 fully saturated rings. The molecule has 0 saturated heterocycles. The molecule has 0 saturated carbocycles. The average molecular weight is 486 g/mol. The normalized spacial score (nSPS) is 14.1. The Hall–Kier alpha value is -4.04. The van der Waals surface area contributed by atoms with E-state index in [4.69, 9.17) is 9.47 Å². The Morgan fingerprint density at radius 1 is 1.26 bits per heavy atom. The third-order valence-electron chi connectivity index (χ3n) is 5.63. The summed E-state index contributed by atoms with van der Waals surface area (Å²) in [6, 6.07) is 9.32. The summed E-state index contributed by atoms with van der Waals surface area (Å²) in [7, 11) is 1.28. The zero-order valence-electron chi connectivity index (χ0n) is 19.0. The van der Waals surface area contributed by atoms with E-state index in [0.717, 1.165) is 0 Å². The summed E-state index contributed by atoms with van der Waals surface area (Å²) >= 11 is 0. The highest BCUT2D eigenvalue weighted by molar-refractivity contribution is 5.90. The van der Waals surface area contributed by atoms with Gasteiger partial charge in [-0.1, -0.05) is 0 Å². The van der Waals surface area contributed by atoms with Crippen LogP contribution in [0.4, 0.5) is 13.2 Å². The van der Waals surface area contributed by atoms with E-state index in [1.54, 1.807) is 6.92 Å². The van der Waals surface area contributed by atoms with E-state index in [2.05, 4.69) is 19.7 Å². The number of carbonyl (C=O) groups excluding carboxylic acids is 1. The lowest BCUT2D eigenvalue weighted by Gasteiger charge is -2.34. The molecule has 0 aliphatic heterocycles. The number of aryl methyl sites for hydroxylation is 1. The van der Waals surface area contributed by atoms with E-state index in [9.17, 15) is 10.1 Å². The number of aromatic nitrogens is 3. The first-order chi connectivity index (χ1) is 16.8. The van der Waals surface area contributed by atoms with Crippen LogP contribution in [0.5, 0.6) is 5.75 Å². The fraction of sp³-hybridized carbons (Fsp3) is 0.292. The number of benzene rings is 2. The number of nitriles is 1. The van der Waals surface area contributed by atoms with Crippen molar-refractivity contribution in [3.05, 3.63) is 59.0 Å². The maximum atomic E-state index is 15.2. The lowest BCUT2D eigenvalue weighted by atomic mass is 9.88. The van der Waals surface area contributed by atoms with Crippen LogP contribution < -0.4 is 4.74 Å². The van der Waals surface area contributed by atoms with E-state index in [0.29, 0.717) is 11.1 Å². The minimum atomic E-state index is -3.43. The Kier molecular flexibility index (Phi) is 6.41. The van der Waals surface area contributed by atoms with Crippen molar-refractivity contribution in [3.63, 3.8) is 0 Å². The van der Waals surface area contributed by atoms with Gasteiger partial charge in [-0.25, -0.2) is 22.9 Å². The molecule has 2 unspecified atom stereocenters. The highest BCUT2D eigenvalue weighted by Gasteiger charge is 2.54. The molecule has 182 valence electrons. The van der Waals surface area contributed by atoms with Crippen molar-refractivity contribution in [1.29, 1.82) is 5.26 Å². The van der Waals surface area contributed by atoms with Gasteiger partial charge in [-0.15, -0.1) is 0 Å². The molecule has 2 heterocycles. The second kappa shape index (κ2) is 9.31. The molecule has 0 radical (unpaired) electrons. The minimum Gasteiger partial charge on any atom is -0.496 e. The van der Waals surface area contributed by atoms with Crippen molar-refractivity contribution in [3.8, 4) is 11.8 Å². The molecule has 4 rings (SSSR count). The number of carbonyl (C=O) groups is 1. The third-order valence-corrected chi connectivity index (χ3v) is 5.63. The number of hydrogen-bond acceptors (Lipinski definition) is 6. The van der Waals surface area contributed by atoms with Crippen LogP contribution in [0.2, 0.25) is 0 Å². The summed E-state index contributed by atoms with van der Waals surface area (Å²) in [5, 5.41) is 9.46. The first-order valence-corrected chi connectivity index (χ1v) is 10.6. The molecule has 0 spiro atoms. The van der Waals surface area contributed by atoms with Crippen molar-refractivity contribution < 1.29 is 32.2 Å². The number of H-pyrrole nitrogens is 2. The summed E-state index contributed by atoms with van der Waals surface area (Å²) in [6.07, 6.45) is -4.76. The zero-order valence-corrected chi connectivity index (χ0v) is 19.0. The second-order valence-corrected chi connectivity index (χ2v) is 7.69. The molecule has 11 heteroatoms. The number of hydrogen-bond donors (Lipinski definition) is 2. The van der Waals surface area contributed by atoms with Crippen LogP contribution >= 0.6 is 0 Å². The number of methoxy groups -OCH3 is 1. The molecular weight excluding hydrogens is 465 g/mol. The summed E-state index contributed by atoms with van der Waals surface area (Å²) in [6.45, 7) is 3.02. The molecule has 4 aromatic rings. The number of ether oxygens (including phenoxy) is 3. The summed E-state index contributed by atoms with van der Waals surface area (Å²) in [5.41, 5.74) is -1.25. The standard InChI is InChI=1S/C24H21F3N4O4/c1-4-34-21(32)20(25)35-24(22(26)27,23-30-15-6-5-13(11-28)10-16(15)31-23)18-14-7-8-29-19(14)12(2)9-17(18)33-3/h5-10,20,22,29H,4H2,1-3H3,(H,30,31). The van der Waals surface area contributed by atoms with Crippen LogP contribution in [0, 0.1) is 18.3 Å². The number of rotatable bonds is 8. The van der Waals surface area contributed by atoms with Crippen LogP contribution in [0.15, 0.2) is 36.5 Å². The summed E-state index contributed by atoms with van der Waals surface area (Å²) < 4.78 is 60.9. The number of aromatic amines is 2. The Morgan fingerprint density at radius 3 is 2.69 bits per heavy atom. The van der Waals surface area contributed by atoms with Gasteiger partial charge in [0.15, 0.2) is 5.82 Å². The Morgan fingerprint density at radius 2 is 2.03 bits per heavy atom. The monoisotopic (exact) mass is 486 g/mol. The molecule has 2 atom stereocenters. The number of nitrogens with zero attached hydrogens (tertiary/aromatic N) is 2. The van der Waals surface area contributed by atoms with Gasteiger partial charge in [0.2, 0.25) is 5.60 Å². The molecule has 0 bridgehead atoms. The lowest BCUT2D eigenvalue weighted by Crippen LogP contribution is -2.44. The van der Waals surface area contributed by atoms with Gasteiger partial charge < -0.3 is 24.2 Å². The van der Waals surface area contributed by atoms with Gasteiger partial charge in [0.05, 0.1) is 36.4 Å². The van der Waals surface area contributed by atoms with Crippen LogP contribution in [0.25, 0.3) is 21.9 Å². The molecule has 0 aliphatic carbocycles. The van der Waals surface area contributed by atoms with E-state index in [1.807, 2.05) is 6.07 Å².